The molecule has 1 aromatic carbocycles. The lowest BCUT2D eigenvalue weighted by molar-refractivity contribution is -0.152. The molecule has 2 heterocycles. The number of hydrogen-bond donors (Lipinski definition) is 1. The van der Waals surface area contributed by atoms with Gasteiger partial charge in [-0.15, -0.1) is 0 Å². The molecule has 3 aliphatic rings. The third kappa shape index (κ3) is 2.88. The Morgan fingerprint density at radius 2 is 1.97 bits per heavy atom. The summed E-state index contributed by atoms with van der Waals surface area (Å²) < 4.78 is 2.26. The Bertz CT molecular complexity index is 967. The van der Waals surface area contributed by atoms with Crippen LogP contribution in [0.25, 0.3) is 11.3 Å². The van der Waals surface area contributed by atoms with Crippen molar-refractivity contribution < 1.29 is 9.90 Å². The van der Waals surface area contributed by atoms with Crippen molar-refractivity contribution >= 4 is 5.97 Å². The summed E-state index contributed by atoms with van der Waals surface area (Å²) in [6.45, 7) is 0. The van der Waals surface area contributed by atoms with Crippen LogP contribution in [0.2, 0.25) is 0 Å². The van der Waals surface area contributed by atoms with Gasteiger partial charge in [0.15, 0.2) is 0 Å². The fourth-order valence-corrected chi connectivity index (χ4v) is 6.02. The molecule has 3 atom stereocenters. The molecule has 5 rings (SSSR count). The summed E-state index contributed by atoms with van der Waals surface area (Å²) in [5.74, 6) is -0.377. The largest absolute Gasteiger partial charge is 0.481 e. The highest BCUT2D eigenvalue weighted by molar-refractivity contribution is 5.79. The number of aliphatic carboxylic acids is 1. The van der Waals surface area contributed by atoms with Crippen LogP contribution in [0.15, 0.2) is 61.1 Å². The van der Waals surface area contributed by atoms with Gasteiger partial charge in [-0.1, -0.05) is 67.8 Å². The van der Waals surface area contributed by atoms with Crippen molar-refractivity contribution in [2.24, 2.45) is 17.3 Å². The monoisotopic (exact) mass is 388 g/mol. The third-order valence-electron chi connectivity index (χ3n) is 7.44. The SMILES string of the molecule is O=C(O)C1(C2CCCCC2)C=CC=CC1CCC1c2ccccc2-c2cncn21. The Labute approximate surface area is 172 Å². The van der Waals surface area contributed by atoms with E-state index in [9.17, 15) is 9.90 Å². The minimum Gasteiger partial charge on any atom is -0.481 e. The number of nitrogens with zero attached hydrogens (tertiary/aromatic N) is 2. The number of aromatic nitrogens is 2. The van der Waals surface area contributed by atoms with E-state index in [0.717, 1.165) is 38.5 Å². The predicted octanol–water partition coefficient (Wildman–Crippen LogP) is 5.63. The lowest BCUT2D eigenvalue weighted by atomic mass is 9.59. The summed E-state index contributed by atoms with van der Waals surface area (Å²) in [5, 5.41) is 10.4. The molecular weight excluding hydrogens is 360 g/mol. The van der Waals surface area contributed by atoms with Crippen LogP contribution in [0.5, 0.6) is 0 Å². The molecule has 1 N–H and O–H groups in total. The van der Waals surface area contributed by atoms with Crippen LogP contribution in [-0.2, 0) is 4.79 Å². The fourth-order valence-electron chi connectivity index (χ4n) is 6.02. The number of benzene rings is 1. The number of carboxylic acids is 1. The van der Waals surface area contributed by atoms with E-state index in [1.807, 2.05) is 30.8 Å². The summed E-state index contributed by atoms with van der Waals surface area (Å²) in [6.07, 6.45) is 19.4. The highest BCUT2D eigenvalue weighted by Gasteiger charge is 2.49. The maximum absolute atomic E-state index is 12.6. The van der Waals surface area contributed by atoms with Crippen molar-refractivity contribution in [3.05, 3.63) is 66.7 Å². The summed E-state index contributed by atoms with van der Waals surface area (Å²) >= 11 is 0. The fraction of sp³-hybridized carbons (Fsp3) is 0.440. The molecule has 0 radical (unpaired) electrons. The molecule has 0 amide bonds. The van der Waals surface area contributed by atoms with E-state index >= 15 is 0 Å². The second-order valence-corrected chi connectivity index (χ2v) is 8.79. The van der Waals surface area contributed by atoms with Crippen LogP contribution >= 0.6 is 0 Å². The number of carbonyl (C=O) groups is 1. The zero-order valence-corrected chi connectivity index (χ0v) is 16.7. The van der Waals surface area contributed by atoms with Crippen molar-refractivity contribution in [3.63, 3.8) is 0 Å². The molecule has 4 heteroatoms. The number of rotatable bonds is 5. The van der Waals surface area contributed by atoms with E-state index in [1.54, 1.807) is 0 Å². The van der Waals surface area contributed by atoms with E-state index in [0.29, 0.717) is 0 Å². The van der Waals surface area contributed by atoms with Gasteiger partial charge in [-0.05, 0) is 43.1 Å². The van der Waals surface area contributed by atoms with Gasteiger partial charge in [0.25, 0.3) is 0 Å². The predicted molar refractivity (Wildman–Crippen MR) is 113 cm³/mol. The van der Waals surface area contributed by atoms with E-state index in [2.05, 4.69) is 39.9 Å². The van der Waals surface area contributed by atoms with Gasteiger partial charge in [0.2, 0.25) is 0 Å². The average molecular weight is 389 g/mol. The lowest BCUT2D eigenvalue weighted by Crippen LogP contribution is -2.44. The van der Waals surface area contributed by atoms with Crippen LogP contribution in [0.3, 0.4) is 0 Å². The number of hydrogen-bond acceptors (Lipinski definition) is 2. The van der Waals surface area contributed by atoms with Crippen molar-refractivity contribution in [1.29, 1.82) is 0 Å². The molecule has 1 aromatic heterocycles. The van der Waals surface area contributed by atoms with Crippen molar-refractivity contribution in [2.75, 3.05) is 0 Å². The summed E-state index contributed by atoms with van der Waals surface area (Å²) in [7, 11) is 0. The molecule has 0 spiro atoms. The lowest BCUT2D eigenvalue weighted by Gasteiger charge is -2.43. The number of carboxylic acid groups (broad SMARTS) is 1. The Morgan fingerprint density at radius 3 is 2.79 bits per heavy atom. The zero-order valence-electron chi connectivity index (χ0n) is 16.7. The first-order chi connectivity index (χ1) is 14.2. The van der Waals surface area contributed by atoms with Gasteiger partial charge in [0.05, 0.1) is 29.7 Å². The normalized spacial score (nSPS) is 28.3. The topological polar surface area (TPSA) is 55.1 Å². The smallest absolute Gasteiger partial charge is 0.314 e. The van der Waals surface area contributed by atoms with Crippen LogP contribution in [0.4, 0.5) is 0 Å². The quantitative estimate of drug-likeness (QED) is 0.722. The molecule has 29 heavy (non-hydrogen) atoms. The van der Waals surface area contributed by atoms with Gasteiger partial charge in [0.1, 0.15) is 0 Å². The van der Waals surface area contributed by atoms with Gasteiger partial charge in [-0.25, -0.2) is 4.98 Å². The third-order valence-corrected chi connectivity index (χ3v) is 7.44. The maximum Gasteiger partial charge on any atom is 0.314 e. The Morgan fingerprint density at radius 1 is 1.14 bits per heavy atom. The number of allylic oxidation sites excluding steroid dienone is 3. The van der Waals surface area contributed by atoms with E-state index < -0.39 is 11.4 Å². The summed E-state index contributed by atoms with van der Waals surface area (Å²) in [4.78, 5) is 17.0. The Hall–Kier alpha value is -2.62. The average Bonchev–Trinajstić information content (AvgIpc) is 3.34. The van der Waals surface area contributed by atoms with Crippen molar-refractivity contribution in [1.82, 2.24) is 9.55 Å². The van der Waals surface area contributed by atoms with Crippen LogP contribution < -0.4 is 0 Å². The first-order valence-corrected chi connectivity index (χ1v) is 10.9. The first kappa shape index (κ1) is 18.4. The van der Waals surface area contributed by atoms with E-state index in [-0.39, 0.29) is 17.9 Å². The second-order valence-electron chi connectivity index (χ2n) is 8.79. The van der Waals surface area contributed by atoms with E-state index in [1.165, 1.54) is 23.2 Å². The summed E-state index contributed by atoms with van der Waals surface area (Å²) in [5.41, 5.74) is 3.00. The van der Waals surface area contributed by atoms with Gasteiger partial charge in [-0.2, -0.15) is 0 Å². The Balaban J connectivity index is 1.43. The molecule has 1 aliphatic heterocycles. The molecule has 0 saturated heterocycles. The van der Waals surface area contributed by atoms with E-state index in [4.69, 9.17) is 0 Å². The zero-order chi connectivity index (χ0) is 19.8. The molecular formula is C25H28N2O2. The molecule has 2 aromatic rings. The van der Waals surface area contributed by atoms with Gasteiger partial charge in [0, 0.05) is 5.56 Å². The molecule has 1 saturated carbocycles. The molecule has 4 nitrogen and oxygen atoms in total. The maximum atomic E-state index is 12.6. The van der Waals surface area contributed by atoms with Crippen LogP contribution in [0.1, 0.15) is 56.6 Å². The minimum atomic E-state index is -0.759. The number of fused-ring (bicyclic) bond motifs is 3. The first-order valence-electron chi connectivity index (χ1n) is 10.9. The molecule has 150 valence electrons. The molecule has 3 unspecified atom stereocenters. The minimum absolute atomic E-state index is 0.0350. The molecule has 0 bridgehead atoms. The highest BCUT2D eigenvalue weighted by atomic mass is 16.4. The number of imidazole rings is 1. The van der Waals surface area contributed by atoms with Crippen molar-refractivity contribution in [3.8, 4) is 11.3 Å². The molecule has 1 fully saturated rings. The summed E-state index contributed by atoms with van der Waals surface area (Å²) in [6, 6.07) is 8.77. The Kier molecular flexibility index (Phi) is 4.65. The van der Waals surface area contributed by atoms with Gasteiger partial charge in [-0.3, -0.25) is 4.79 Å². The highest BCUT2D eigenvalue weighted by Crippen LogP contribution is 2.50. The van der Waals surface area contributed by atoms with Crippen LogP contribution in [0, 0.1) is 17.3 Å². The second kappa shape index (κ2) is 7.33. The van der Waals surface area contributed by atoms with Crippen molar-refractivity contribution in [2.45, 2.75) is 51.0 Å². The van der Waals surface area contributed by atoms with Gasteiger partial charge < -0.3 is 9.67 Å². The molecule has 2 aliphatic carbocycles. The standard InChI is InChI=1S/C25H28N2O2/c28-24(29)25(18-8-2-1-3-9-18)15-7-6-10-19(25)13-14-22-20-11-4-5-12-21(20)23-16-26-17-27(22)23/h4-7,10-12,15-19,22H,1-3,8-9,13-14H2,(H,28,29). The van der Waals surface area contributed by atoms with Crippen LogP contribution in [-0.4, -0.2) is 20.6 Å². The van der Waals surface area contributed by atoms with Gasteiger partial charge >= 0.3 is 5.97 Å².